The molecule has 0 unspecified atom stereocenters. The van der Waals surface area contributed by atoms with Crippen molar-refractivity contribution < 1.29 is 9.47 Å². The standard InChI is InChI=1S/C24H24N2O2S/c1-3-8-18-12-13-21(22(17-18)27-2)28-15-7-14-26-20-10-5-4-9-19(20)25-24(26)23-11-6-16-29-23/h3-6,9-13,16-17H,1,7-8,14-15H2,2H3. The van der Waals surface area contributed by atoms with Crippen LogP contribution in [0.4, 0.5) is 0 Å². The highest BCUT2D eigenvalue weighted by Gasteiger charge is 2.13. The molecule has 0 amide bonds. The van der Waals surface area contributed by atoms with Crippen molar-refractivity contribution in [1.82, 2.24) is 9.55 Å². The molecule has 0 bridgehead atoms. The molecule has 0 aliphatic carbocycles. The molecule has 2 aromatic heterocycles. The van der Waals surface area contributed by atoms with Crippen molar-refractivity contribution in [2.45, 2.75) is 19.4 Å². The summed E-state index contributed by atoms with van der Waals surface area (Å²) in [6.45, 7) is 5.23. The van der Waals surface area contributed by atoms with Gasteiger partial charge in [-0.3, -0.25) is 0 Å². The minimum absolute atomic E-state index is 0.605. The average Bonchev–Trinajstić information content (AvgIpc) is 3.40. The van der Waals surface area contributed by atoms with E-state index in [0.717, 1.165) is 53.3 Å². The first-order valence-electron chi connectivity index (χ1n) is 9.70. The summed E-state index contributed by atoms with van der Waals surface area (Å²) in [5, 5.41) is 2.09. The van der Waals surface area contributed by atoms with Gasteiger partial charge in [-0.15, -0.1) is 17.9 Å². The van der Waals surface area contributed by atoms with Crippen molar-refractivity contribution in [3.8, 4) is 22.2 Å². The lowest BCUT2D eigenvalue weighted by Gasteiger charge is -2.13. The van der Waals surface area contributed by atoms with Crippen LogP contribution in [0.15, 0.2) is 72.6 Å². The van der Waals surface area contributed by atoms with E-state index in [9.17, 15) is 0 Å². The SMILES string of the molecule is C=CCc1ccc(OCCCn2c(-c3cccs3)nc3ccccc32)c(OC)c1. The molecule has 0 fully saturated rings. The number of para-hydroxylation sites is 2. The van der Waals surface area contributed by atoms with E-state index in [2.05, 4.69) is 52.9 Å². The van der Waals surface area contributed by atoms with Crippen LogP contribution in [0.2, 0.25) is 0 Å². The van der Waals surface area contributed by atoms with Crippen LogP contribution < -0.4 is 9.47 Å². The number of thiophene rings is 1. The molecule has 4 aromatic rings. The summed E-state index contributed by atoms with van der Waals surface area (Å²) < 4.78 is 13.8. The van der Waals surface area contributed by atoms with Gasteiger partial charge in [0.2, 0.25) is 0 Å². The molecule has 0 saturated carbocycles. The van der Waals surface area contributed by atoms with Gasteiger partial charge >= 0.3 is 0 Å². The number of methoxy groups -OCH3 is 1. The van der Waals surface area contributed by atoms with Crippen LogP contribution in [-0.2, 0) is 13.0 Å². The predicted molar refractivity (Wildman–Crippen MR) is 120 cm³/mol. The van der Waals surface area contributed by atoms with Crippen LogP contribution in [0, 0.1) is 0 Å². The topological polar surface area (TPSA) is 36.3 Å². The lowest BCUT2D eigenvalue weighted by atomic mass is 10.1. The van der Waals surface area contributed by atoms with E-state index in [-0.39, 0.29) is 0 Å². The van der Waals surface area contributed by atoms with Crippen molar-refractivity contribution in [3.63, 3.8) is 0 Å². The first-order chi connectivity index (χ1) is 14.3. The molecular formula is C24H24N2O2S. The number of ether oxygens (including phenoxy) is 2. The highest BCUT2D eigenvalue weighted by Crippen LogP contribution is 2.30. The van der Waals surface area contributed by atoms with E-state index in [0.29, 0.717) is 6.61 Å². The first-order valence-corrected chi connectivity index (χ1v) is 10.6. The van der Waals surface area contributed by atoms with Crippen LogP contribution in [0.3, 0.4) is 0 Å². The maximum absolute atomic E-state index is 6.02. The monoisotopic (exact) mass is 404 g/mol. The predicted octanol–water partition coefficient (Wildman–Crippen LogP) is 5.97. The van der Waals surface area contributed by atoms with Gasteiger partial charge < -0.3 is 14.0 Å². The number of aryl methyl sites for hydroxylation is 1. The summed E-state index contributed by atoms with van der Waals surface area (Å²) in [5.74, 6) is 2.55. The van der Waals surface area contributed by atoms with Crippen LogP contribution in [0.5, 0.6) is 11.5 Å². The zero-order valence-corrected chi connectivity index (χ0v) is 17.3. The lowest BCUT2D eigenvalue weighted by molar-refractivity contribution is 0.283. The third kappa shape index (κ3) is 4.20. The van der Waals surface area contributed by atoms with Crippen LogP contribution >= 0.6 is 11.3 Å². The Kier molecular flexibility index (Phi) is 5.96. The Hall–Kier alpha value is -3.05. The van der Waals surface area contributed by atoms with Crippen LogP contribution in [0.1, 0.15) is 12.0 Å². The third-order valence-electron chi connectivity index (χ3n) is 4.79. The van der Waals surface area contributed by atoms with Crippen LogP contribution in [0.25, 0.3) is 21.7 Å². The number of benzene rings is 2. The van der Waals surface area contributed by atoms with Gasteiger partial charge in [0.25, 0.3) is 0 Å². The molecule has 29 heavy (non-hydrogen) atoms. The molecular weight excluding hydrogens is 380 g/mol. The Labute approximate surface area is 175 Å². The van der Waals surface area contributed by atoms with E-state index >= 15 is 0 Å². The van der Waals surface area contributed by atoms with Gasteiger partial charge in [0.05, 0.1) is 29.6 Å². The summed E-state index contributed by atoms with van der Waals surface area (Å²) in [5.41, 5.74) is 3.34. The number of imidazole rings is 1. The largest absolute Gasteiger partial charge is 0.493 e. The molecule has 5 heteroatoms. The molecule has 0 atom stereocenters. The van der Waals surface area contributed by atoms with Gasteiger partial charge in [-0.05, 0) is 54.1 Å². The van der Waals surface area contributed by atoms with Gasteiger partial charge in [-0.2, -0.15) is 0 Å². The average molecular weight is 405 g/mol. The second-order valence-corrected chi connectivity index (χ2v) is 7.68. The quantitative estimate of drug-likeness (QED) is 0.255. The summed E-state index contributed by atoms with van der Waals surface area (Å²) >= 11 is 1.71. The minimum Gasteiger partial charge on any atom is -0.493 e. The van der Waals surface area contributed by atoms with E-state index in [4.69, 9.17) is 14.5 Å². The molecule has 0 N–H and O–H groups in total. The highest BCUT2D eigenvalue weighted by molar-refractivity contribution is 7.13. The molecule has 0 spiro atoms. The van der Waals surface area contributed by atoms with E-state index < -0.39 is 0 Å². The van der Waals surface area contributed by atoms with E-state index in [1.165, 1.54) is 4.88 Å². The van der Waals surface area contributed by atoms with Gasteiger partial charge in [0.1, 0.15) is 0 Å². The number of nitrogens with zero attached hydrogens (tertiary/aromatic N) is 2. The maximum atomic E-state index is 6.02. The van der Waals surface area contributed by atoms with Crippen LogP contribution in [-0.4, -0.2) is 23.3 Å². The van der Waals surface area contributed by atoms with Crippen molar-refractivity contribution >= 4 is 22.4 Å². The molecule has 0 aliphatic heterocycles. The molecule has 2 aromatic carbocycles. The summed E-state index contributed by atoms with van der Waals surface area (Å²) in [6.07, 6.45) is 3.57. The van der Waals surface area contributed by atoms with E-state index in [1.54, 1.807) is 18.4 Å². The first kappa shape index (κ1) is 19.3. The normalized spacial score (nSPS) is 10.9. The summed E-state index contributed by atoms with van der Waals surface area (Å²) in [4.78, 5) is 6.03. The fourth-order valence-electron chi connectivity index (χ4n) is 3.43. The molecule has 2 heterocycles. The number of hydrogen-bond acceptors (Lipinski definition) is 4. The zero-order chi connectivity index (χ0) is 20.1. The maximum Gasteiger partial charge on any atom is 0.161 e. The van der Waals surface area contributed by atoms with Crippen molar-refractivity contribution in [2.24, 2.45) is 0 Å². The second kappa shape index (κ2) is 8.97. The number of fused-ring (bicyclic) bond motifs is 1. The fraction of sp³-hybridized carbons (Fsp3) is 0.208. The smallest absolute Gasteiger partial charge is 0.161 e. The van der Waals surface area contributed by atoms with E-state index in [1.807, 2.05) is 24.3 Å². The molecule has 0 aliphatic rings. The molecule has 148 valence electrons. The zero-order valence-electron chi connectivity index (χ0n) is 16.5. The van der Waals surface area contributed by atoms with Crippen molar-refractivity contribution in [1.29, 1.82) is 0 Å². The van der Waals surface area contributed by atoms with Gasteiger partial charge in [0.15, 0.2) is 17.3 Å². The number of allylic oxidation sites excluding steroid dienone is 1. The van der Waals surface area contributed by atoms with Crippen molar-refractivity contribution in [3.05, 3.63) is 78.2 Å². The molecule has 0 saturated heterocycles. The van der Waals surface area contributed by atoms with Gasteiger partial charge in [-0.25, -0.2) is 4.98 Å². The molecule has 4 nitrogen and oxygen atoms in total. The minimum atomic E-state index is 0.605. The third-order valence-corrected chi connectivity index (χ3v) is 5.65. The lowest BCUT2D eigenvalue weighted by Crippen LogP contribution is -2.06. The Balaban J connectivity index is 1.47. The van der Waals surface area contributed by atoms with Crippen molar-refractivity contribution in [2.75, 3.05) is 13.7 Å². The Morgan fingerprint density at radius 1 is 1.10 bits per heavy atom. The summed E-state index contributed by atoms with van der Waals surface area (Å²) in [7, 11) is 1.67. The fourth-order valence-corrected chi connectivity index (χ4v) is 4.15. The van der Waals surface area contributed by atoms with Gasteiger partial charge in [-0.1, -0.05) is 30.3 Å². The Bertz CT molecular complexity index is 1100. The molecule has 0 radical (unpaired) electrons. The Morgan fingerprint density at radius 3 is 2.79 bits per heavy atom. The Morgan fingerprint density at radius 2 is 2.00 bits per heavy atom. The number of hydrogen-bond donors (Lipinski definition) is 0. The van der Waals surface area contributed by atoms with Gasteiger partial charge in [0, 0.05) is 6.54 Å². The summed E-state index contributed by atoms with van der Waals surface area (Å²) in [6, 6.07) is 18.5. The highest BCUT2D eigenvalue weighted by atomic mass is 32.1. The number of aromatic nitrogens is 2. The second-order valence-electron chi connectivity index (χ2n) is 6.73. The molecule has 4 rings (SSSR count). The number of rotatable bonds is 9.